The molecule has 1 aliphatic rings. The number of hydrogen-bond donors (Lipinski definition) is 2. The number of amides is 1. The minimum atomic E-state index is -3.78. The van der Waals surface area contributed by atoms with Gasteiger partial charge in [-0.05, 0) is 91.9 Å². The summed E-state index contributed by atoms with van der Waals surface area (Å²) in [5.74, 6) is -0.478. The second-order valence-corrected chi connectivity index (χ2v) is 12.6. The number of rotatable bonds is 8. The van der Waals surface area contributed by atoms with Crippen LogP contribution in [0.2, 0.25) is 0 Å². The van der Waals surface area contributed by atoms with Gasteiger partial charge >= 0.3 is 0 Å². The van der Waals surface area contributed by atoms with Crippen LogP contribution in [-0.2, 0) is 25.8 Å². The van der Waals surface area contributed by atoms with Crippen molar-refractivity contribution in [1.29, 1.82) is 0 Å². The molecule has 0 atom stereocenters. The summed E-state index contributed by atoms with van der Waals surface area (Å²) in [7, 11) is -7.14. The molecule has 1 heterocycles. The van der Waals surface area contributed by atoms with Crippen LogP contribution in [0.3, 0.4) is 0 Å². The third kappa shape index (κ3) is 6.13. The van der Waals surface area contributed by atoms with Gasteiger partial charge in [0.05, 0.1) is 10.6 Å². The van der Waals surface area contributed by atoms with Crippen molar-refractivity contribution in [2.24, 2.45) is 0 Å². The Kier molecular flexibility index (Phi) is 7.49. The Morgan fingerprint density at radius 1 is 0.806 bits per heavy atom. The number of anilines is 2. The second-order valence-electron chi connectivity index (χ2n) is 8.94. The maximum absolute atomic E-state index is 12.7. The van der Waals surface area contributed by atoms with E-state index in [0.717, 1.165) is 24.0 Å². The molecule has 190 valence electrons. The maximum Gasteiger partial charge on any atom is 0.261 e. The zero-order valence-corrected chi connectivity index (χ0v) is 21.8. The fraction of sp³-hybridized carbons (Fsp3) is 0.269. The summed E-state index contributed by atoms with van der Waals surface area (Å²) in [5, 5.41) is 2.73. The fourth-order valence-electron chi connectivity index (χ4n) is 3.96. The van der Waals surface area contributed by atoms with Crippen molar-refractivity contribution in [2.45, 2.75) is 37.3 Å². The lowest BCUT2D eigenvalue weighted by molar-refractivity contribution is 0.102. The van der Waals surface area contributed by atoms with E-state index in [-0.39, 0.29) is 16.6 Å². The zero-order valence-electron chi connectivity index (χ0n) is 20.2. The molecule has 0 spiro atoms. The van der Waals surface area contributed by atoms with Crippen LogP contribution in [0.25, 0.3) is 0 Å². The van der Waals surface area contributed by atoms with Crippen molar-refractivity contribution in [2.75, 3.05) is 23.1 Å². The van der Waals surface area contributed by atoms with Crippen molar-refractivity contribution >= 4 is 37.3 Å². The Morgan fingerprint density at radius 3 is 2.03 bits per heavy atom. The molecule has 4 rings (SSSR count). The summed E-state index contributed by atoms with van der Waals surface area (Å²) >= 11 is 0. The molecule has 1 saturated heterocycles. The predicted molar refractivity (Wildman–Crippen MR) is 141 cm³/mol. The summed E-state index contributed by atoms with van der Waals surface area (Å²) in [6, 6.07) is 17.6. The smallest absolute Gasteiger partial charge is 0.261 e. The molecule has 2 N–H and O–H groups in total. The molecule has 0 unspecified atom stereocenters. The van der Waals surface area contributed by atoms with Crippen LogP contribution in [0.5, 0.6) is 0 Å². The summed E-state index contributed by atoms with van der Waals surface area (Å²) < 4.78 is 54.5. The van der Waals surface area contributed by atoms with Crippen molar-refractivity contribution in [1.82, 2.24) is 4.31 Å². The van der Waals surface area contributed by atoms with Crippen LogP contribution >= 0.6 is 0 Å². The highest BCUT2D eigenvalue weighted by atomic mass is 32.2. The molecule has 0 radical (unpaired) electrons. The standard InChI is InChI=1S/C26H29N3O5S2/c1-19-5-10-24(17-20(19)2)28-36(33,34)25-13-11-23(12-14-25)27-26(30)22-8-6-21(7-9-22)18-35(31,32)29-15-3-4-16-29/h5-14,17,28H,3-4,15-16,18H2,1-2H3,(H,27,30). The van der Waals surface area contributed by atoms with Crippen molar-refractivity contribution < 1.29 is 21.6 Å². The summed E-state index contributed by atoms with van der Waals surface area (Å²) in [6.07, 6.45) is 1.77. The van der Waals surface area contributed by atoms with Gasteiger partial charge in [0.15, 0.2) is 0 Å². The molecule has 8 nitrogen and oxygen atoms in total. The van der Waals surface area contributed by atoms with E-state index >= 15 is 0 Å². The van der Waals surface area contributed by atoms with Gasteiger partial charge in [-0.2, -0.15) is 0 Å². The van der Waals surface area contributed by atoms with Gasteiger partial charge in [0.25, 0.3) is 15.9 Å². The number of hydrogen-bond acceptors (Lipinski definition) is 5. The molecular weight excluding hydrogens is 498 g/mol. The van der Waals surface area contributed by atoms with Crippen molar-refractivity contribution in [3.63, 3.8) is 0 Å². The van der Waals surface area contributed by atoms with Gasteiger partial charge in [0.1, 0.15) is 0 Å². The number of sulfonamides is 2. The SMILES string of the molecule is Cc1ccc(NS(=O)(=O)c2ccc(NC(=O)c3ccc(CS(=O)(=O)N4CCCC4)cc3)cc2)cc1C. The van der Waals surface area contributed by atoms with Crippen LogP contribution in [0.15, 0.2) is 71.6 Å². The number of nitrogens with zero attached hydrogens (tertiary/aromatic N) is 1. The first-order valence-corrected chi connectivity index (χ1v) is 14.7. The van der Waals surface area contributed by atoms with E-state index < -0.39 is 20.0 Å². The van der Waals surface area contributed by atoms with Gasteiger partial charge in [-0.3, -0.25) is 9.52 Å². The zero-order chi connectivity index (χ0) is 25.9. The third-order valence-corrected chi connectivity index (χ3v) is 9.45. The average molecular weight is 528 g/mol. The molecule has 1 amide bonds. The number of nitrogens with one attached hydrogen (secondary N) is 2. The average Bonchev–Trinajstić information content (AvgIpc) is 3.38. The summed E-state index contributed by atoms with van der Waals surface area (Å²) in [4.78, 5) is 12.7. The maximum atomic E-state index is 12.7. The van der Waals surface area contributed by atoms with Gasteiger partial charge in [-0.15, -0.1) is 0 Å². The van der Waals surface area contributed by atoms with E-state index in [1.54, 1.807) is 36.4 Å². The van der Waals surface area contributed by atoms with E-state index in [1.165, 1.54) is 28.6 Å². The van der Waals surface area contributed by atoms with Crippen molar-refractivity contribution in [3.8, 4) is 0 Å². The highest BCUT2D eigenvalue weighted by Gasteiger charge is 2.25. The first-order chi connectivity index (χ1) is 17.0. The molecule has 10 heteroatoms. The predicted octanol–water partition coefficient (Wildman–Crippen LogP) is 4.28. The lowest BCUT2D eigenvalue weighted by atomic mass is 10.1. The van der Waals surface area contributed by atoms with Crippen LogP contribution < -0.4 is 10.0 Å². The highest BCUT2D eigenvalue weighted by Crippen LogP contribution is 2.21. The quantitative estimate of drug-likeness (QED) is 0.454. The minimum absolute atomic E-state index is 0.0716. The van der Waals surface area contributed by atoms with Crippen LogP contribution in [0, 0.1) is 13.8 Å². The number of carbonyl (C=O) groups is 1. The third-order valence-electron chi connectivity index (χ3n) is 6.21. The molecule has 3 aromatic rings. The van der Waals surface area contributed by atoms with E-state index in [0.29, 0.717) is 35.6 Å². The van der Waals surface area contributed by atoms with Gasteiger partial charge < -0.3 is 5.32 Å². The first kappa shape index (κ1) is 25.9. The van der Waals surface area contributed by atoms with Crippen LogP contribution in [-0.4, -0.2) is 40.1 Å². The van der Waals surface area contributed by atoms with Gasteiger partial charge in [0.2, 0.25) is 10.0 Å². The topological polar surface area (TPSA) is 113 Å². The molecule has 36 heavy (non-hydrogen) atoms. The molecule has 1 fully saturated rings. The molecule has 0 aromatic heterocycles. The van der Waals surface area contributed by atoms with E-state index in [9.17, 15) is 21.6 Å². The summed E-state index contributed by atoms with van der Waals surface area (Å²) in [5.41, 5.74) is 3.95. The fourth-order valence-corrected chi connectivity index (χ4v) is 6.62. The highest BCUT2D eigenvalue weighted by molar-refractivity contribution is 7.92. The normalized spacial score (nSPS) is 14.5. The molecule has 3 aromatic carbocycles. The number of benzene rings is 3. The molecule has 0 aliphatic carbocycles. The lowest BCUT2D eigenvalue weighted by Gasteiger charge is -2.15. The number of aryl methyl sites for hydroxylation is 2. The Morgan fingerprint density at radius 2 is 1.42 bits per heavy atom. The Hall–Kier alpha value is -3.21. The molecule has 0 bridgehead atoms. The largest absolute Gasteiger partial charge is 0.322 e. The molecular formula is C26H29N3O5S2. The Balaban J connectivity index is 1.38. The van der Waals surface area contributed by atoms with Crippen LogP contribution in [0.1, 0.15) is 39.9 Å². The summed E-state index contributed by atoms with van der Waals surface area (Å²) in [6.45, 7) is 4.98. The van der Waals surface area contributed by atoms with Gasteiger partial charge in [-0.25, -0.2) is 21.1 Å². The first-order valence-electron chi connectivity index (χ1n) is 11.6. The van der Waals surface area contributed by atoms with E-state index in [4.69, 9.17) is 0 Å². The van der Waals surface area contributed by atoms with Gasteiger partial charge in [-0.1, -0.05) is 18.2 Å². The molecule has 0 saturated carbocycles. The van der Waals surface area contributed by atoms with E-state index in [1.807, 2.05) is 19.9 Å². The number of carbonyl (C=O) groups excluding carboxylic acids is 1. The Bertz CT molecular complexity index is 1460. The monoisotopic (exact) mass is 527 g/mol. The Labute approximate surface area is 212 Å². The lowest BCUT2D eigenvalue weighted by Crippen LogP contribution is -2.29. The second kappa shape index (κ2) is 10.4. The minimum Gasteiger partial charge on any atom is -0.322 e. The molecule has 1 aliphatic heterocycles. The van der Waals surface area contributed by atoms with Crippen LogP contribution in [0.4, 0.5) is 11.4 Å². The van der Waals surface area contributed by atoms with Gasteiger partial charge in [0, 0.05) is 30.0 Å². The van der Waals surface area contributed by atoms with E-state index in [2.05, 4.69) is 10.0 Å². The van der Waals surface area contributed by atoms with Crippen molar-refractivity contribution in [3.05, 3.63) is 89.0 Å².